The van der Waals surface area contributed by atoms with Crippen LogP contribution in [0.3, 0.4) is 0 Å². The smallest absolute Gasteiger partial charge is 0.416 e. The van der Waals surface area contributed by atoms with Crippen LogP contribution in [0.2, 0.25) is 13.1 Å². The molecule has 25 heavy (non-hydrogen) atoms. The Hall–Kier alpha value is -2.40. The third kappa shape index (κ3) is 3.66. The summed E-state index contributed by atoms with van der Waals surface area (Å²) >= 11 is 0. The summed E-state index contributed by atoms with van der Waals surface area (Å²) in [5.74, 6) is -0.146. The fourth-order valence-electron chi connectivity index (χ4n) is 3.45. The van der Waals surface area contributed by atoms with Gasteiger partial charge in [-0.3, -0.25) is 4.79 Å². The summed E-state index contributed by atoms with van der Waals surface area (Å²) in [5, 5.41) is 1.31. The van der Waals surface area contributed by atoms with Gasteiger partial charge in [0.2, 0.25) is 5.91 Å². The molecule has 0 N–H and O–H groups in total. The largest absolute Gasteiger partial charge is 0.447 e. The van der Waals surface area contributed by atoms with Gasteiger partial charge in [0, 0.05) is 6.42 Å². The molecule has 1 aliphatic heterocycles. The zero-order valence-electron chi connectivity index (χ0n) is 14.6. The van der Waals surface area contributed by atoms with Crippen molar-refractivity contribution in [2.45, 2.75) is 25.1 Å². The topological polar surface area (TPSA) is 46.6 Å². The van der Waals surface area contributed by atoms with Crippen LogP contribution in [0.5, 0.6) is 0 Å². The van der Waals surface area contributed by atoms with E-state index in [4.69, 9.17) is 4.74 Å². The van der Waals surface area contributed by atoms with Crippen molar-refractivity contribution in [3.63, 3.8) is 0 Å². The second kappa shape index (κ2) is 7.23. The van der Waals surface area contributed by atoms with Gasteiger partial charge in [-0.05, 0) is 11.1 Å². The molecule has 1 heterocycles. The molecule has 1 atom stereocenters. The van der Waals surface area contributed by atoms with E-state index in [0.717, 1.165) is 5.56 Å². The van der Waals surface area contributed by atoms with E-state index in [0.29, 0.717) is 19.6 Å². The number of benzene rings is 2. The number of amides is 2. The highest BCUT2D eigenvalue weighted by molar-refractivity contribution is 6.91. The SMILES string of the molecule is C[Si](C)(c1ccccc1)[C@@H](CC(=O)N1CCOC1=O)c1ccccc1. The lowest BCUT2D eigenvalue weighted by Crippen LogP contribution is -2.49. The number of carbonyl (C=O) groups excluding carboxylic acids is 2. The number of hydrogen-bond acceptors (Lipinski definition) is 3. The Balaban J connectivity index is 1.93. The highest BCUT2D eigenvalue weighted by atomic mass is 28.3. The van der Waals surface area contributed by atoms with Gasteiger partial charge in [-0.25, -0.2) is 9.69 Å². The molecule has 0 unspecified atom stereocenters. The predicted molar refractivity (Wildman–Crippen MR) is 100 cm³/mol. The second-order valence-corrected chi connectivity index (χ2v) is 11.6. The van der Waals surface area contributed by atoms with Crippen molar-refractivity contribution >= 4 is 25.3 Å². The van der Waals surface area contributed by atoms with Gasteiger partial charge in [-0.15, -0.1) is 0 Å². The van der Waals surface area contributed by atoms with Crippen LogP contribution in [0.1, 0.15) is 17.5 Å². The van der Waals surface area contributed by atoms with E-state index >= 15 is 0 Å². The van der Waals surface area contributed by atoms with E-state index in [1.54, 1.807) is 0 Å². The first-order chi connectivity index (χ1) is 12.0. The Morgan fingerprint density at radius 2 is 1.68 bits per heavy atom. The molecule has 5 heteroatoms. The lowest BCUT2D eigenvalue weighted by molar-refractivity contribution is -0.127. The minimum absolute atomic E-state index is 0.0944. The van der Waals surface area contributed by atoms with E-state index in [9.17, 15) is 9.59 Å². The van der Waals surface area contributed by atoms with E-state index in [1.165, 1.54) is 10.1 Å². The number of nitrogens with zero attached hydrogens (tertiary/aromatic N) is 1. The van der Waals surface area contributed by atoms with Gasteiger partial charge in [0.05, 0.1) is 14.6 Å². The number of ether oxygens (including phenoxy) is 1. The quantitative estimate of drug-likeness (QED) is 0.775. The van der Waals surface area contributed by atoms with Crippen LogP contribution in [0.4, 0.5) is 4.79 Å². The normalized spacial score (nSPS) is 15.8. The number of rotatable bonds is 5. The summed E-state index contributed by atoms with van der Waals surface area (Å²) in [5.41, 5.74) is 1.25. The van der Waals surface area contributed by atoms with Crippen molar-refractivity contribution < 1.29 is 14.3 Å². The minimum Gasteiger partial charge on any atom is -0.447 e. The van der Waals surface area contributed by atoms with Crippen molar-refractivity contribution in [3.05, 3.63) is 66.2 Å². The third-order valence-corrected chi connectivity index (χ3v) is 9.13. The number of hydrogen-bond donors (Lipinski definition) is 0. The van der Waals surface area contributed by atoms with Crippen LogP contribution in [0.15, 0.2) is 60.7 Å². The highest BCUT2D eigenvalue weighted by Gasteiger charge is 2.38. The number of carbonyl (C=O) groups is 2. The maximum Gasteiger partial charge on any atom is 0.416 e. The van der Waals surface area contributed by atoms with Crippen LogP contribution >= 0.6 is 0 Å². The Kier molecular flexibility index (Phi) is 5.04. The summed E-state index contributed by atoms with van der Waals surface area (Å²) in [6.45, 7) is 5.22. The van der Waals surface area contributed by atoms with Crippen LogP contribution in [-0.4, -0.2) is 38.1 Å². The van der Waals surface area contributed by atoms with Gasteiger partial charge >= 0.3 is 6.09 Å². The van der Waals surface area contributed by atoms with Crippen molar-refractivity contribution in [1.82, 2.24) is 4.90 Å². The minimum atomic E-state index is -1.99. The molecule has 0 radical (unpaired) electrons. The fourth-order valence-corrected chi connectivity index (χ4v) is 6.61. The molecular formula is C20H23NO3Si. The predicted octanol–water partition coefficient (Wildman–Crippen LogP) is 3.29. The summed E-state index contributed by atoms with van der Waals surface area (Å²) in [6, 6.07) is 20.6. The van der Waals surface area contributed by atoms with E-state index in [-0.39, 0.29) is 11.4 Å². The zero-order chi connectivity index (χ0) is 17.9. The van der Waals surface area contributed by atoms with E-state index < -0.39 is 14.2 Å². The fraction of sp³-hybridized carbons (Fsp3) is 0.300. The average Bonchev–Trinajstić information content (AvgIpc) is 3.07. The standard InChI is InChI=1S/C20H23NO3Si/c1-25(2,17-11-7-4-8-12-17)18(16-9-5-3-6-10-16)15-19(22)21-13-14-24-20(21)23/h3-12,18H,13-15H2,1-2H3/t18-/m0/s1. The molecular weight excluding hydrogens is 330 g/mol. The molecule has 1 saturated heterocycles. The summed E-state index contributed by atoms with van der Waals surface area (Å²) in [6.07, 6.45) is -0.191. The van der Waals surface area contributed by atoms with Crippen LogP contribution in [0, 0.1) is 0 Å². The van der Waals surface area contributed by atoms with E-state index in [2.05, 4.69) is 37.4 Å². The lowest BCUT2D eigenvalue weighted by atomic mass is 10.1. The molecule has 2 amide bonds. The Morgan fingerprint density at radius 3 is 2.24 bits per heavy atom. The van der Waals surface area contributed by atoms with Gasteiger partial charge in [0.15, 0.2) is 0 Å². The molecule has 3 rings (SSSR count). The first-order valence-corrected chi connectivity index (χ1v) is 11.7. The maximum atomic E-state index is 12.8. The first kappa shape index (κ1) is 17.4. The van der Waals surface area contributed by atoms with Crippen LogP contribution in [0.25, 0.3) is 0 Å². The van der Waals surface area contributed by atoms with Crippen molar-refractivity contribution in [1.29, 1.82) is 0 Å². The molecule has 130 valence electrons. The van der Waals surface area contributed by atoms with Gasteiger partial charge in [0.25, 0.3) is 0 Å². The molecule has 0 aliphatic carbocycles. The number of imide groups is 1. The zero-order valence-corrected chi connectivity index (χ0v) is 15.6. The summed E-state index contributed by atoms with van der Waals surface area (Å²) in [4.78, 5) is 25.8. The third-order valence-electron chi connectivity index (χ3n) is 5.03. The molecule has 1 aliphatic rings. The summed E-state index contributed by atoms with van der Waals surface area (Å²) < 4.78 is 4.92. The molecule has 0 spiro atoms. The van der Waals surface area contributed by atoms with Gasteiger partial charge in [-0.1, -0.05) is 78.9 Å². The van der Waals surface area contributed by atoms with Gasteiger partial charge < -0.3 is 4.74 Å². The molecule has 0 bridgehead atoms. The average molecular weight is 353 g/mol. The monoisotopic (exact) mass is 353 g/mol. The Bertz CT molecular complexity index is 746. The van der Waals surface area contributed by atoms with Gasteiger partial charge in [0.1, 0.15) is 6.61 Å². The van der Waals surface area contributed by atoms with Crippen molar-refractivity contribution in [2.75, 3.05) is 13.2 Å². The van der Waals surface area contributed by atoms with Crippen molar-refractivity contribution in [3.8, 4) is 0 Å². The molecule has 2 aromatic rings. The van der Waals surface area contributed by atoms with Crippen LogP contribution in [-0.2, 0) is 9.53 Å². The molecule has 0 aromatic heterocycles. The maximum absolute atomic E-state index is 12.8. The Morgan fingerprint density at radius 1 is 1.08 bits per heavy atom. The van der Waals surface area contributed by atoms with Crippen LogP contribution < -0.4 is 5.19 Å². The van der Waals surface area contributed by atoms with Gasteiger partial charge in [-0.2, -0.15) is 0 Å². The first-order valence-electron chi connectivity index (χ1n) is 8.58. The number of cyclic esters (lactones) is 1. The second-order valence-electron chi connectivity index (χ2n) is 6.91. The van der Waals surface area contributed by atoms with Crippen molar-refractivity contribution in [2.24, 2.45) is 0 Å². The Labute approximate surface area is 149 Å². The molecule has 1 fully saturated rings. The summed E-state index contributed by atoms with van der Waals surface area (Å²) in [7, 11) is -1.99. The lowest BCUT2D eigenvalue weighted by Gasteiger charge is -2.34. The molecule has 0 saturated carbocycles. The molecule has 4 nitrogen and oxygen atoms in total. The van der Waals surface area contributed by atoms with E-state index in [1.807, 2.05) is 36.4 Å². The molecule has 2 aromatic carbocycles. The highest BCUT2D eigenvalue weighted by Crippen LogP contribution is 2.31.